The molecule has 2 aromatic heterocycles. The molecule has 6 heteroatoms. The molecule has 2 aromatic rings. The van der Waals surface area contributed by atoms with Crippen LogP contribution in [0.3, 0.4) is 0 Å². The number of aliphatic hydroxyl groups excluding tert-OH is 1. The average molecular weight is 234 g/mol. The molecule has 2 heterocycles. The molecule has 0 bridgehead atoms. The van der Waals surface area contributed by atoms with Crippen LogP contribution in [0.2, 0.25) is 0 Å². The Morgan fingerprint density at radius 1 is 1.29 bits per heavy atom. The summed E-state index contributed by atoms with van der Waals surface area (Å²) in [6.45, 7) is 2.39. The van der Waals surface area contributed by atoms with Crippen molar-refractivity contribution in [3.8, 4) is 0 Å². The van der Waals surface area contributed by atoms with Crippen molar-refractivity contribution in [2.75, 3.05) is 23.8 Å². The van der Waals surface area contributed by atoms with Crippen LogP contribution in [0.15, 0.2) is 28.9 Å². The summed E-state index contributed by atoms with van der Waals surface area (Å²) < 4.78 is 5.38. The summed E-state index contributed by atoms with van der Waals surface area (Å²) in [6, 6.07) is 5.44. The third-order valence-corrected chi connectivity index (χ3v) is 2.08. The number of nitrogens with one attached hydrogen (secondary N) is 2. The lowest BCUT2D eigenvalue weighted by Gasteiger charge is -2.05. The highest BCUT2D eigenvalue weighted by atomic mass is 16.4. The average Bonchev–Trinajstić information content (AvgIpc) is 2.73. The number of aryl methyl sites for hydroxylation is 1. The Bertz CT molecular complexity index is 484. The summed E-state index contributed by atoms with van der Waals surface area (Å²) in [6.07, 6.45) is 1.44. The molecule has 0 fully saturated rings. The molecule has 0 aliphatic carbocycles. The lowest BCUT2D eigenvalue weighted by molar-refractivity contribution is 0.311. The summed E-state index contributed by atoms with van der Waals surface area (Å²) >= 11 is 0. The van der Waals surface area contributed by atoms with Gasteiger partial charge >= 0.3 is 0 Å². The first kappa shape index (κ1) is 11.4. The van der Waals surface area contributed by atoms with Crippen molar-refractivity contribution in [2.24, 2.45) is 0 Å². The third kappa shape index (κ3) is 3.18. The van der Waals surface area contributed by atoms with Crippen LogP contribution in [-0.2, 0) is 0 Å². The third-order valence-electron chi connectivity index (χ3n) is 2.08. The maximum Gasteiger partial charge on any atom is 0.198 e. The maximum atomic E-state index is 8.70. The minimum Gasteiger partial charge on any atom is -0.446 e. The fraction of sp³-hybridized carbons (Fsp3) is 0.273. The van der Waals surface area contributed by atoms with E-state index in [1.807, 2.05) is 19.1 Å². The number of hydrogen-bond donors (Lipinski definition) is 3. The van der Waals surface area contributed by atoms with E-state index in [-0.39, 0.29) is 6.61 Å². The largest absolute Gasteiger partial charge is 0.446 e. The number of nitrogens with zero attached hydrogens (tertiary/aromatic N) is 2. The standard InChI is InChI=1S/C11H14N4O2/c1-8-2-3-11(17-8)15-10-6-9(12-4-5-16)13-7-14-10/h2-3,6-7,16H,4-5H2,1H3,(H2,12,13,14,15). The van der Waals surface area contributed by atoms with Crippen LogP contribution >= 0.6 is 0 Å². The number of hydrogen-bond acceptors (Lipinski definition) is 6. The summed E-state index contributed by atoms with van der Waals surface area (Å²) in [4.78, 5) is 8.09. The van der Waals surface area contributed by atoms with Crippen molar-refractivity contribution in [3.05, 3.63) is 30.3 Å². The molecule has 0 aromatic carbocycles. The van der Waals surface area contributed by atoms with E-state index >= 15 is 0 Å². The minimum absolute atomic E-state index is 0.0597. The van der Waals surface area contributed by atoms with Crippen LogP contribution in [-0.4, -0.2) is 28.2 Å². The fourth-order valence-corrected chi connectivity index (χ4v) is 1.33. The lowest BCUT2D eigenvalue weighted by Crippen LogP contribution is -2.07. The Labute approximate surface area is 98.7 Å². The SMILES string of the molecule is Cc1ccc(Nc2cc(NCCO)ncn2)o1. The molecule has 0 saturated heterocycles. The second-order valence-corrected chi connectivity index (χ2v) is 3.47. The summed E-state index contributed by atoms with van der Waals surface area (Å²) in [7, 11) is 0. The van der Waals surface area contributed by atoms with E-state index in [4.69, 9.17) is 9.52 Å². The fourth-order valence-electron chi connectivity index (χ4n) is 1.33. The molecule has 0 spiro atoms. The van der Waals surface area contributed by atoms with Crippen molar-refractivity contribution in [1.82, 2.24) is 9.97 Å². The molecule has 0 amide bonds. The van der Waals surface area contributed by atoms with Gasteiger partial charge in [-0.3, -0.25) is 0 Å². The molecule has 0 aliphatic rings. The monoisotopic (exact) mass is 234 g/mol. The quantitative estimate of drug-likeness (QED) is 0.727. The molecule has 0 aliphatic heterocycles. The highest BCUT2D eigenvalue weighted by Crippen LogP contribution is 2.18. The van der Waals surface area contributed by atoms with Crippen LogP contribution < -0.4 is 10.6 Å². The Hall–Kier alpha value is -2.08. The van der Waals surface area contributed by atoms with Crippen LogP contribution in [0.1, 0.15) is 5.76 Å². The number of aliphatic hydroxyl groups is 1. The van der Waals surface area contributed by atoms with E-state index in [9.17, 15) is 0 Å². The predicted molar refractivity (Wildman–Crippen MR) is 64.3 cm³/mol. The second kappa shape index (κ2) is 5.31. The van der Waals surface area contributed by atoms with Gasteiger partial charge in [-0.1, -0.05) is 0 Å². The molecule has 6 nitrogen and oxygen atoms in total. The zero-order valence-corrected chi connectivity index (χ0v) is 9.47. The molecule has 90 valence electrons. The molecule has 0 radical (unpaired) electrons. The highest BCUT2D eigenvalue weighted by molar-refractivity contribution is 5.54. The van der Waals surface area contributed by atoms with Gasteiger partial charge in [-0.05, 0) is 13.0 Å². The summed E-state index contributed by atoms with van der Waals surface area (Å²) in [5.41, 5.74) is 0. The van der Waals surface area contributed by atoms with E-state index < -0.39 is 0 Å². The zero-order chi connectivity index (χ0) is 12.1. The van der Waals surface area contributed by atoms with E-state index in [2.05, 4.69) is 20.6 Å². The van der Waals surface area contributed by atoms with E-state index in [0.717, 1.165) is 5.76 Å². The van der Waals surface area contributed by atoms with Gasteiger partial charge in [-0.15, -0.1) is 0 Å². The molecule has 0 unspecified atom stereocenters. The predicted octanol–water partition coefficient (Wildman–Crippen LogP) is 1.53. The minimum atomic E-state index is 0.0597. The second-order valence-electron chi connectivity index (χ2n) is 3.47. The molecule has 0 atom stereocenters. The Balaban J connectivity index is 2.05. The van der Waals surface area contributed by atoms with Crippen molar-refractivity contribution in [1.29, 1.82) is 0 Å². The normalized spacial score (nSPS) is 10.2. The van der Waals surface area contributed by atoms with Gasteiger partial charge in [0.1, 0.15) is 23.7 Å². The van der Waals surface area contributed by atoms with Crippen LogP contribution in [0, 0.1) is 6.92 Å². The van der Waals surface area contributed by atoms with Gasteiger partial charge in [-0.25, -0.2) is 9.97 Å². The molecule has 2 rings (SSSR count). The van der Waals surface area contributed by atoms with Gasteiger partial charge in [0.25, 0.3) is 0 Å². The van der Waals surface area contributed by atoms with Gasteiger partial charge in [0, 0.05) is 18.7 Å². The van der Waals surface area contributed by atoms with Gasteiger partial charge in [0.15, 0.2) is 5.88 Å². The van der Waals surface area contributed by atoms with Gasteiger partial charge in [0.2, 0.25) is 0 Å². The van der Waals surface area contributed by atoms with Crippen LogP contribution in [0.5, 0.6) is 0 Å². The van der Waals surface area contributed by atoms with E-state index in [0.29, 0.717) is 24.1 Å². The smallest absolute Gasteiger partial charge is 0.198 e. The molecular formula is C11H14N4O2. The molecular weight excluding hydrogens is 220 g/mol. The summed E-state index contributed by atoms with van der Waals surface area (Å²) in [5.74, 6) is 2.75. The van der Waals surface area contributed by atoms with E-state index in [1.165, 1.54) is 6.33 Å². The molecule has 0 saturated carbocycles. The lowest BCUT2D eigenvalue weighted by atomic mass is 10.5. The Morgan fingerprint density at radius 3 is 2.82 bits per heavy atom. The van der Waals surface area contributed by atoms with Gasteiger partial charge in [-0.2, -0.15) is 0 Å². The zero-order valence-electron chi connectivity index (χ0n) is 9.47. The highest BCUT2D eigenvalue weighted by Gasteiger charge is 2.01. The first-order valence-corrected chi connectivity index (χ1v) is 5.28. The number of aromatic nitrogens is 2. The van der Waals surface area contributed by atoms with Crippen molar-refractivity contribution < 1.29 is 9.52 Å². The van der Waals surface area contributed by atoms with Crippen molar-refractivity contribution in [3.63, 3.8) is 0 Å². The number of furan rings is 1. The van der Waals surface area contributed by atoms with Crippen molar-refractivity contribution in [2.45, 2.75) is 6.92 Å². The Morgan fingerprint density at radius 2 is 2.12 bits per heavy atom. The molecule has 17 heavy (non-hydrogen) atoms. The number of rotatable bonds is 5. The first-order valence-electron chi connectivity index (χ1n) is 5.28. The summed E-state index contributed by atoms with van der Waals surface area (Å²) in [5, 5.41) is 14.7. The van der Waals surface area contributed by atoms with Gasteiger partial charge < -0.3 is 20.2 Å². The van der Waals surface area contributed by atoms with Crippen molar-refractivity contribution >= 4 is 17.5 Å². The topological polar surface area (TPSA) is 83.2 Å². The van der Waals surface area contributed by atoms with Crippen LogP contribution in [0.25, 0.3) is 0 Å². The Kier molecular flexibility index (Phi) is 3.56. The molecule has 3 N–H and O–H groups in total. The maximum absolute atomic E-state index is 8.70. The number of anilines is 3. The first-order chi connectivity index (χ1) is 8.28. The van der Waals surface area contributed by atoms with Crippen LogP contribution in [0.4, 0.5) is 17.5 Å². The van der Waals surface area contributed by atoms with Gasteiger partial charge in [0.05, 0.1) is 6.61 Å². The van der Waals surface area contributed by atoms with E-state index in [1.54, 1.807) is 6.07 Å².